The lowest BCUT2D eigenvalue weighted by atomic mass is 9.92. The van der Waals surface area contributed by atoms with Gasteiger partial charge in [0.15, 0.2) is 10.8 Å². The fraction of sp³-hybridized carbons (Fsp3) is 0.450. The van der Waals surface area contributed by atoms with Crippen molar-refractivity contribution in [1.29, 1.82) is 0 Å². The lowest BCUT2D eigenvalue weighted by Crippen LogP contribution is -2.33. The molecule has 1 N–H and O–H groups in total. The molecule has 0 aliphatic heterocycles. The zero-order valence-electron chi connectivity index (χ0n) is 16.2. The van der Waals surface area contributed by atoms with Crippen LogP contribution in [0.15, 0.2) is 23.2 Å². The van der Waals surface area contributed by atoms with Crippen LogP contribution in [0.1, 0.15) is 40.7 Å². The Morgan fingerprint density at radius 3 is 2.21 bits per heavy atom. The molecule has 1 aromatic heterocycles. The van der Waals surface area contributed by atoms with E-state index in [0.29, 0.717) is 5.82 Å². The maximum absolute atomic E-state index is 12.6. The third-order valence-electron chi connectivity index (χ3n) is 5.54. The van der Waals surface area contributed by atoms with Crippen molar-refractivity contribution in [3.05, 3.63) is 46.0 Å². The van der Waals surface area contributed by atoms with Crippen molar-refractivity contribution in [3.8, 4) is 0 Å². The SMILES string of the molecule is CN(C)c1ccc(S(=O)(=O)NC(=O)Cc2c3c(cc4c2CCC4)CCC3)nn1. The molecule has 4 rings (SSSR count). The van der Waals surface area contributed by atoms with Crippen LogP contribution in [0.25, 0.3) is 0 Å². The van der Waals surface area contributed by atoms with Crippen LogP contribution in [-0.2, 0) is 46.9 Å². The monoisotopic (exact) mass is 400 g/mol. The second-order valence-electron chi connectivity index (χ2n) is 7.67. The van der Waals surface area contributed by atoms with Gasteiger partial charge in [-0.3, -0.25) is 4.79 Å². The molecule has 0 spiro atoms. The van der Waals surface area contributed by atoms with Gasteiger partial charge in [0.25, 0.3) is 10.0 Å². The van der Waals surface area contributed by atoms with Crippen LogP contribution in [0.5, 0.6) is 0 Å². The predicted octanol–water partition coefficient (Wildman–Crippen LogP) is 1.57. The lowest BCUT2D eigenvalue weighted by Gasteiger charge is -2.15. The molecule has 2 aromatic rings. The summed E-state index contributed by atoms with van der Waals surface area (Å²) in [6.07, 6.45) is 6.31. The average molecular weight is 401 g/mol. The third kappa shape index (κ3) is 3.48. The van der Waals surface area contributed by atoms with Crippen LogP contribution in [0.4, 0.5) is 5.82 Å². The predicted molar refractivity (Wildman–Crippen MR) is 106 cm³/mol. The maximum Gasteiger partial charge on any atom is 0.283 e. The van der Waals surface area contributed by atoms with Crippen molar-refractivity contribution in [2.24, 2.45) is 0 Å². The summed E-state index contributed by atoms with van der Waals surface area (Å²) in [7, 11) is -0.465. The summed E-state index contributed by atoms with van der Waals surface area (Å²) in [6.45, 7) is 0. The highest BCUT2D eigenvalue weighted by molar-refractivity contribution is 7.90. The zero-order chi connectivity index (χ0) is 19.9. The summed E-state index contributed by atoms with van der Waals surface area (Å²) >= 11 is 0. The first-order valence-electron chi connectivity index (χ1n) is 9.57. The van der Waals surface area contributed by atoms with Gasteiger partial charge in [-0.1, -0.05) is 6.07 Å². The van der Waals surface area contributed by atoms with Gasteiger partial charge < -0.3 is 4.90 Å². The number of hydrogen-bond donors (Lipinski definition) is 1. The molecule has 0 atom stereocenters. The highest BCUT2D eigenvalue weighted by atomic mass is 32.2. The van der Waals surface area contributed by atoms with Crippen molar-refractivity contribution in [3.63, 3.8) is 0 Å². The van der Waals surface area contributed by atoms with E-state index in [4.69, 9.17) is 0 Å². The molecule has 0 saturated heterocycles. The molecule has 1 amide bonds. The summed E-state index contributed by atoms with van der Waals surface area (Å²) in [5, 5.41) is 7.37. The lowest BCUT2D eigenvalue weighted by molar-refractivity contribution is -0.118. The number of anilines is 1. The first kappa shape index (κ1) is 18.9. The number of nitrogens with one attached hydrogen (secondary N) is 1. The third-order valence-corrected chi connectivity index (χ3v) is 6.81. The second-order valence-corrected chi connectivity index (χ2v) is 9.30. The zero-order valence-corrected chi connectivity index (χ0v) is 17.0. The molecule has 7 nitrogen and oxygen atoms in total. The molecule has 0 bridgehead atoms. The number of amides is 1. The number of aryl methyl sites for hydroxylation is 2. The Hall–Kier alpha value is -2.48. The number of rotatable bonds is 5. The Kier molecular flexibility index (Phi) is 4.82. The molecule has 2 aliphatic rings. The largest absolute Gasteiger partial charge is 0.361 e. The summed E-state index contributed by atoms with van der Waals surface area (Å²) < 4.78 is 27.2. The quantitative estimate of drug-likeness (QED) is 0.819. The summed E-state index contributed by atoms with van der Waals surface area (Å²) in [4.78, 5) is 14.4. The number of carbonyl (C=O) groups excluding carboxylic acids is 1. The van der Waals surface area contributed by atoms with Crippen LogP contribution in [0, 0.1) is 0 Å². The van der Waals surface area contributed by atoms with E-state index in [1.165, 1.54) is 28.3 Å². The number of sulfonamides is 1. The number of nitrogens with zero attached hydrogens (tertiary/aromatic N) is 3. The van der Waals surface area contributed by atoms with Crippen LogP contribution < -0.4 is 9.62 Å². The van der Waals surface area contributed by atoms with E-state index in [-0.39, 0.29) is 11.4 Å². The van der Waals surface area contributed by atoms with Crippen LogP contribution in [0.2, 0.25) is 0 Å². The van der Waals surface area contributed by atoms with Gasteiger partial charge in [-0.25, -0.2) is 4.72 Å². The van der Waals surface area contributed by atoms with E-state index in [1.807, 2.05) is 0 Å². The van der Waals surface area contributed by atoms with Gasteiger partial charge in [0.05, 0.1) is 6.42 Å². The number of carbonyl (C=O) groups is 1. The van der Waals surface area contributed by atoms with Crippen LogP contribution >= 0.6 is 0 Å². The molecule has 148 valence electrons. The van der Waals surface area contributed by atoms with Crippen molar-refractivity contribution in [1.82, 2.24) is 14.9 Å². The van der Waals surface area contributed by atoms with Crippen molar-refractivity contribution < 1.29 is 13.2 Å². The standard InChI is InChI=1S/C20H24N4O3S/c1-24(2)18-9-10-20(22-21-18)28(26,27)23-19(25)12-17-15-7-3-5-13(15)11-14-6-4-8-16(14)17/h9-11H,3-8,12H2,1-2H3,(H,23,25). The Morgan fingerprint density at radius 1 is 1.04 bits per heavy atom. The van der Waals surface area contributed by atoms with Crippen molar-refractivity contribution in [2.45, 2.75) is 50.0 Å². The molecule has 0 fully saturated rings. The fourth-order valence-electron chi connectivity index (χ4n) is 4.24. The Balaban J connectivity index is 1.55. The Labute approximate surface area is 165 Å². The van der Waals surface area contributed by atoms with Gasteiger partial charge >= 0.3 is 0 Å². The highest BCUT2D eigenvalue weighted by Gasteiger charge is 2.27. The average Bonchev–Trinajstić information content (AvgIpc) is 3.30. The van der Waals surface area contributed by atoms with Crippen LogP contribution in [-0.4, -0.2) is 38.6 Å². The topological polar surface area (TPSA) is 92.3 Å². The van der Waals surface area contributed by atoms with Gasteiger partial charge in [0.2, 0.25) is 5.91 Å². The van der Waals surface area contributed by atoms with Crippen molar-refractivity contribution in [2.75, 3.05) is 19.0 Å². The van der Waals surface area contributed by atoms with Crippen molar-refractivity contribution >= 4 is 21.7 Å². The van der Waals surface area contributed by atoms with E-state index in [0.717, 1.165) is 44.1 Å². The molecule has 8 heteroatoms. The summed E-state index contributed by atoms with van der Waals surface area (Å²) in [5.74, 6) is 0.0218. The van der Waals surface area contributed by atoms with Gasteiger partial charge in [-0.2, -0.15) is 8.42 Å². The first-order chi connectivity index (χ1) is 13.3. The normalized spacial score (nSPS) is 15.2. The smallest absolute Gasteiger partial charge is 0.283 e. The van der Waals surface area contributed by atoms with Gasteiger partial charge in [0, 0.05) is 14.1 Å². The van der Waals surface area contributed by atoms with E-state index in [1.54, 1.807) is 25.1 Å². The number of aromatic nitrogens is 2. The molecule has 1 heterocycles. The summed E-state index contributed by atoms with van der Waals surface area (Å²) in [6, 6.07) is 5.21. The second kappa shape index (κ2) is 7.16. The Morgan fingerprint density at radius 2 is 1.68 bits per heavy atom. The van der Waals surface area contributed by atoms with Crippen LogP contribution in [0.3, 0.4) is 0 Å². The van der Waals surface area contributed by atoms with E-state index < -0.39 is 15.9 Å². The van der Waals surface area contributed by atoms with Gasteiger partial charge in [-0.15, -0.1) is 10.2 Å². The molecular weight excluding hydrogens is 376 g/mol. The minimum absolute atomic E-state index is 0.0912. The van der Waals surface area contributed by atoms with E-state index in [9.17, 15) is 13.2 Å². The minimum Gasteiger partial charge on any atom is -0.361 e. The minimum atomic E-state index is -4.04. The van der Waals surface area contributed by atoms with E-state index in [2.05, 4.69) is 21.0 Å². The van der Waals surface area contributed by atoms with Gasteiger partial charge in [0.1, 0.15) is 0 Å². The number of fused-ring (bicyclic) bond motifs is 2. The number of hydrogen-bond acceptors (Lipinski definition) is 6. The molecule has 0 radical (unpaired) electrons. The fourth-order valence-corrected chi connectivity index (χ4v) is 5.11. The molecular formula is C20H24N4O3S. The molecule has 1 aromatic carbocycles. The van der Waals surface area contributed by atoms with Gasteiger partial charge in [-0.05, 0) is 78.5 Å². The Bertz CT molecular complexity index is 998. The molecule has 0 unspecified atom stereocenters. The maximum atomic E-state index is 12.6. The molecule has 2 aliphatic carbocycles. The first-order valence-corrected chi connectivity index (χ1v) is 11.1. The molecule has 0 saturated carbocycles. The van der Waals surface area contributed by atoms with E-state index >= 15 is 0 Å². The summed E-state index contributed by atoms with van der Waals surface area (Å²) in [5.41, 5.74) is 6.21. The number of benzene rings is 1. The molecule has 28 heavy (non-hydrogen) atoms. The highest BCUT2D eigenvalue weighted by Crippen LogP contribution is 2.35.